The van der Waals surface area contributed by atoms with Crippen molar-refractivity contribution in [3.63, 3.8) is 0 Å². The Morgan fingerprint density at radius 1 is 0.895 bits per heavy atom. The number of hydrogen-bond acceptors (Lipinski definition) is 5. The SMILES string of the molecule is N=C(N)c1ccnc(Sc2cc(C(=N)N)ccn2)c1. The highest BCUT2D eigenvalue weighted by Gasteiger charge is 2.05. The summed E-state index contributed by atoms with van der Waals surface area (Å²) >= 11 is 1.32. The predicted octanol–water partition coefficient (Wildman–Crippen LogP) is 1.20. The molecule has 0 aliphatic heterocycles. The second kappa shape index (κ2) is 5.49. The Morgan fingerprint density at radius 3 is 1.68 bits per heavy atom. The largest absolute Gasteiger partial charge is 0.384 e. The summed E-state index contributed by atoms with van der Waals surface area (Å²) in [6.45, 7) is 0. The maximum absolute atomic E-state index is 7.38. The zero-order valence-corrected chi connectivity index (χ0v) is 10.7. The minimum absolute atomic E-state index is 0.00491. The predicted molar refractivity (Wildman–Crippen MR) is 74.6 cm³/mol. The Morgan fingerprint density at radius 2 is 1.32 bits per heavy atom. The van der Waals surface area contributed by atoms with E-state index in [0.717, 1.165) is 0 Å². The summed E-state index contributed by atoms with van der Waals surface area (Å²) < 4.78 is 0. The van der Waals surface area contributed by atoms with E-state index in [-0.39, 0.29) is 11.7 Å². The van der Waals surface area contributed by atoms with Gasteiger partial charge in [0.1, 0.15) is 21.7 Å². The lowest BCUT2D eigenvalue weighted by molar-refractivity contribution is 1.09. The molecule has 96 valence electrons. The standard InChI is InChI=1S/C12H12N6S/c13-11(14)7-1-3-17-9(5-7)19-10-6-8(12(15)16)2-4-18-10/h1-6H,(H3,13,14)(H3,15,16). The number of nitrogens with one attached hydrogen (secondary N) is 2. The maximum atomic E-state index is 7.38. The summed E-state index contributed by atoms with van der Waals surface area (Å²) in [6, 6.07) is 6.78. The van der Waals surface area contributed by atoms with Crippen molar-refractivity contribution in [2.75, 3.05) is 0 Å². The topological polar surface area (TPSA) is 126 Å². The molecule has 19 heavy (non-hydrogen) atoms. The molecule has 0 fully saturated rings. The molecule has 0 bridgehead atoms. The first-order valence-corrected chi connectivity index (χ1v) is 6.16. The molecule has 0 unspecified atom stereocenters. The number of nitrogen functional groups attached to an aromatic ring is 2. The van der Waals surface area contributed by atoms with E-state index < -0.39 is 0 Å². The molecule has 2 rings (SSSR count). The van der Waals surface area contributed by atoms with E-state index in [4.69, 9.17) is 22.3 Å². The van der Waals surface area contributed by atoms with Crippen LogP contribution in [0.15, 0.2) is 46.7 Å². The average Bonchev–Trinajstić information content (AvgIpc) is 2.39. The van der Waals surface area contributed by atoms with Crippen LogP contribution < -0.4 is 11.5 Å². The fourth-order valence-corrected chi connectivity index (χ4v) is 2.19. The Bertz CT molecular complexity index is 584. The van der Waals surface area contributed by atoms with Crippen LogP contribution in [0.3, 0.4) is 0 Å². The third-order valence-electron chi connectivity index (χ3n) is 2.30. The zero-order valence-electron chi connectivity index (χ0n) is 9.92. The van der Waals surface area contributed by atoms with Crippen LogP contribution in [-0.4, -0.2) is 21.6 Å². The molecule has 2 aromatic rings. The molecule has 6 N–H and O–H groups in total. The molecule has 6 nitrogen and oxygen atoms in total. The van der Waals surface area contributed by atoms with E-state index in [1.165, 1.54) is 11.8 Å². The van der Waals surface area contributed by atoms with E-state index in [1.54, 1.807) is 36.7 Å². The van der Waals surface area contributed by atoms with Crippen molar-refractivity contribution in [1.29, 1.82) is 10.8 Å². The van der Waals surface area contributed by atoms with Gasteiger partial charge in [-0.15, -0.1) is 0 Å². The summed E-state index contributed by atoms with van der Waals surface area (Å²) in [4.78, 5) is 8.35. The van der Waals surface area contributed by atoms with Crippen molar-refractivity contribution in [1.82, 2.24) is 9.97 Å². The van der Waals surface area contributed by atoms with Gasteiger partial charge in [0.15, 0.2) is 0 Å². The van der Waals surface area contributed by atoms with E-state index in [2.05, 4.69) is 9.97 Å². The lowest BCUT2D eigenvalue weighted by Crippen LogP contribution is -2.11. The third kappa shape index (κ3) is 3.29. The molecule has 0 saturated heterocycles. The molecule has 0 aromatic carbocycles. The van der Waals surface area contributed by atoms with Crippen molar-refractivity contribution < 1.29 is 0 Å². The van der Waals surface area contributed by atoms with Gasteiger partial charge in [0.25, 0.3) is 0 Å². The van der Waals surface area contributed by atoms with Gasteiger partial charge < -0.3 is 11.5 Å². The number of hydrogen-bond donors (Lipinski definition) is 4. The summed E-state index contributed by atoms with van der Waals surface area (Å²) in [6.07, 6.45) is 3.18. The van der Waals surface area contributed by atoms with Crippen LogP contribution in [0.2, 0.25) is 0 Å². The van der Waals surface area contributed by atoms with Gasteiger partial charge in [0.2, 0.25) is 0 Å². The molecular formula is C12H12N6S. The summed E-state index contributed by atoms with van der Waals surface area (Å²) in [7, 11) is 0. The van der Waals surface area contributed by atoms with Crippen LogP contribution in [0, 0.1) is 10.8 Å². The number of nitrogens with zero attached hydrogens (tertiary/aromatic N) is 2. The van der Waals surface area contributed by atoms with Gasteiger partial charge in [-0.2, -0.15) is 0 Å². The molecule has 0 radical (unpaired) electrons. The highest BCUT2D eigenvalue weighted by atomic mass is 32.2. The Hall–Kier alpha value is -2.41. The van der Waals surface area contributed by atoms with Crippen LogP contribution >= 0.6 is 11.8 Å². The second-order valence-corrected chi connectivity index (χ2v) is 4.74. The van der Waals surface area contributed by atoms with Crippen molar-refractivity contribution in [2.24, 2.45) is 11.5 Å². The smallest absolute Gasteiger partial charge is 0.122 e. The number of nitrogens with two attached hydrogens (primary N) is 2. The first-order chi connectivity index (χ1) is 9.06. The van der Waals surface area contributed by atoms with Crippen molar-refractivity contribution in [3.05, 3.63) is 47.8 Å². The summed E-state index contributed by atoms with van der Waals surface area (Å²) in [5.41, 5.74) is 12.1. The average molecular weight is 272 g/mol. The molecule has 0 atom stereocenters. The van der Waals surface area contributed by atoms with E-state index in [9.17, 15) is 0 Å². The minimum Gasteiger partial charge on any atom is -0.384 e. The van der Waals surface area contributed by atoms with Gasteiger partial charge in [-0.05, 0) is 24.3 Å². The first kappa shape index (κ1) is 13.0. The Balaban J connectivity index is 2.26. The molecular weight excluding hydrogens is 260 g/mol. The highest BCUT2D eigenvalue weighted by Crippen LogP contribution is 2.24. The monoisotopic (exact) mass is 272 g/mol. The van der Waals surface area contributed by atoms with E-state index in [0.29, 0.717) is 21.2 Å². The fourth-order valence-electron chi connectivity index (χ4n) is 1.37. The van der Waals surface area contributed by atoms with Gasteiger partial charge in [-0.3, -0.25) is 10.8 Å². The van der Waals surface area contributed by atoms with Crippen LogP contribution in [0.5, 0.6) is 0 Å². The Kier molecular flexibility index (Phi) is 3.76. The van der Waals surface area contributed by atoms with Crippen molar-refractivity contribution in [2.45, 2.75) is 10.1 Å². The normalized spacial score (nSPS) is 10.1. The van der Waals surface area contributed by atoms with Crippen LogP contribution in [0.25, 0.3) is 0 Å². The first-order valence-electron chi connectivity index (χ1n) is 5.35. The number of rotatable bonds is 4. The van der Waals surface area contributed by atoms with Gasteiger partial charge >= 0.3 is 0 Å². The lowest BCUT2D eigenvalue weighted by Gasteiger charge is -2.04. The molecule has 0 aliphatic carbocycles. The van der Waals surface area contributed by atoms with E-state index >= 15 is 0 Å². The molecule has 7 heteroatoms. The molecule has 2 heterocycles. The number of pyridine rings is 2. The van der Waals surface area contributed by atoms with Crippen LogP contribution in [0.4, 0.5) is 0 Å². The summed E-state index contributed by atoms with van der Waals surface area (Å²) in [5.74, 6) is -0.00982. The zero-order chi connectivity index (χ0) is 13.8. The molecule has 0 spiro atoms. The highest BCUT2D eigenvalue weighted by molar-refractivity contribution is 7.99. The number of amidine groups is 2. The van der Waals surface area contributed by atoms with E-state index in [1.807, 2.05) is 0 Å². The van der Waals surface area contributed by atoms with Gasteiger partial charge in [-0.1, -0.05) is 11.8 Å². The molecule has 0 aliphatic rings. The van der Waals surface area contributed by atoms with Crippen LogP contribution in [-0.2, 0) is 0 Å². The molecule has 0 amide bonds. The minimum atomic E-state index is -0.00491. The lowest BCUT2D eigenvalue weighted by atomic mass is 10.2. The second-order valence-electron chi connectivity index (χ2n) is 3.69. The quantitative estimate of drug-likeness (QED) is 0.491. The van der Waals surface area contributed by atoms with Crippen molar-refractivity contribution in [3.8, 4) is 0 Å². The van der Waals surface area contributed by atoms with Crippen molar-refractivity contribution >= 4 is 23.4 Å². The van der Waals surface area contributed by atoms with Crippen LogP contribution in [0.1, 0.15) is 11.1 Å². The third-order valence-corrected chi connectivity index (χ3v) is 3.17. The maximum Gasteiger partial charge on any atom is 0.122 e. The van der Waals surface area contributed by atoms with Gasteiger partial charge in [0, 0.05) is 23.5 Å². The fraction of sp³-hybridized carbons (Fsp3) is 0. The molecule has 0 saturated carbocycles. The number of aromatic nitrogens is 2. The summed E-state index contributed by atoms with van der Waals surface area (Å²) in [5, 5.41) is 16.1. The van der Waals surface area contributed by atoms with Gasteiger partial charge in [0.05, 0.1) is 0 Å². The van der Waals surface area contributed by atoms with Gasteiger partial charge in [-0.25, -0.2) is 9.97 Å². The molecule has 2 aromatic heterocycles. The Labute approximate surface area is 114 Å².